The van der Waals surface area contributed by atoms with Gasteiger partial charge in [-0.15, -0.1) is 0 Å². The lowest BCUT2D eigenvalue weighted by atomic mass is 10.3. The highest BCUT2D eigenvalue weighted by molar-refractivity contribution is 9.10. The zero-order chi connectivity index (χ0) is 14.2. The van der Waals surface area contributed by atoms with Crippen LogP contribution in [0.15, 0.2) is 31.7 Å². The number of aromatic nitrogens is 1. The molecule has 1 heterocycles. The highest BCUT2D eigenvalue weighted by atomic mass is 79.9. The summed E-state index contributed by atoms with van der Waals surface area (Å²) in [6.07, 6.45) is 0. The van der Waals surface area contributed by atoms with Crippen molar-refractivity contribution in [2.24, 2.45) is 0 Å². The third-order valence-electron chi connectivity index (χ3n) is 2.20. The van der Waals surface area contributed by atoms with Gasteiger partial charge in [-0.2, -0.15) is 0 Å². The van der Waals surface area contributed by atoms with Gasteiger partial charge >= 0.3 is 4.87 Å². The summed E-state index contributed by atoms with van der Waals surface area (Å²) < 4.78 is 27.3. The standard InChI is InChI=1S/C10H8BrClN2O3S2/c1-5-9(18-10(15)13-5)19(16,17)14-8-4-6(12)2-3-7(8)11/h2-4,14H,1H3,(H,13,15). The van der Waals surface area contributed by atoms with E-state index in [1.54, 1.807) is 12.1 Å². The largest absolute Gasteiger partial charge is 0.315 e. The fourth-order valence-electron chi connectivity index (χ4n) is 1.41. The van der Waals surface area contributed by atoms with Gasteiger partial charge in [0.15, 0.2) is 4.21 Å². The van der Waals surface area contributed by atoms with Crippen molar-refractivity contribution in [1.82, 2.24) is 4.98 Å². The van der Waals surface area contributed by atoms with E-state index in [4.69, 9.17) is 11.6 Å². The molecule has 9 heteroatoms. The Bertz CT molecular complexity index is 782. The Morgan fingerprint density at radius 1 is 1.42 bits per heavy atom. The van der Waals surface area contributed by atoms with Crippen LogP contribution in [0, 0.1) is 6.92 Å². The molecule has 102 valence electrons. The first kappa shape index (κ1) is 14.6. The molecule has 2 N–H and O–H groups in total. The van der Waals surface area contributed by atoms with Gasteiger partial charge in [-0.05, 0) is 41.1 Å². The third-order valence-corrected chi connectivity index (χ3v) is 6.09. The summed E-state index contributed by atoms with van der Waals surface area (Å²) in [6.45, 7) is 1.53. The van der Waals surface area contributed by atoms with Gasteiger partial charge in [0.05, 0.1) is 5.69 Å². The van der Waals surface area contributed by atoms with E-state index < -0.39 is 14.9 Å². The second kappa shape index (κ2) is 5.28. The molecule has 0 saturated heterocycles. The van der Waals surface area contributed by atoms with Crippen molar-refractivity contribution in [1.29, 1.82) is 0 Å². The summed E-state index contributed by atoms with van der Waals surface area (Å²) in [4.78, 5) is 13.2. The minimum Gasteiger partial charge on any atom is -0.315 e. The van der Waals surface area contributed by atoms with E-state index in [1.165, 1.54) is 13.0 Å². The van der Waals surface area contributed by atoms with E-state index >= 15 is 0 Å². The van der Waals surface area contributed by atoms with Crippen LogP contribution < -0.4 is 9.60 Å². The third kappa shape index (κ3) is 3.19. The van der Waals surface area contributed by atoms with Gasteiger partial charge in [0.25, 0.3) is 10.0 Å². The van der Waals surface area contributed by atoms with Crippen molar-refractivity contribution in [3.63, 3.8) is 0 Å². The monoisotopic (exact) mass is 382 g/mol. The number of benzene rings is 1. The summed E-state index contributed by atoms with van der Waals surface area (Å²) in [7, 11) is -3.81. The van der Waals surface area contributed by atoms with Crippen LogP contribution in [0.5, 0.6) is 0 Å². The van der Waals surface area contributed by atoms with E-state index in [2.05, 4.69) is 25.6 Å². The Kier molecular flexibility index (Phi) is 4.05. The molecule has 0 bridgehead atoms. The molecule has 0 aliphatic rings. The number of hydrogen-bond donors (Lipinski definition) is 2. The molecule has 1 aromatic carbocycles. The summed E-state index contributed by atoms with van der Waals surface area (Å²) in [5, 5.41) is 0.403. The van der Waals surface area contributed by atoms with E-state index in [0.717, 1.165) is 0 Å². The number of H-pyrrole nitrogens is 1. The van der Waals surface area contributed by atoms with Gasteiger partial charge in [-0.1, -0.05) is 22.9 Å². The highest BCUT2D eigenvalue weighted by Gasteiger charge is 2.21. The molecule has 0 unspecified atom stereocenters. The first-order chi connectivity index (χ1) is 8.79. The van der Waals surface area contributed by atoms with Crippen molar-refractivity contribution in [3.05, 3.63) is 43.1 Å². The van der Waals surface area contributed by atoms with Crippen LogP contribution in [0.2, 0.25) is 5.02 Å². The SMILES string of the molecule is Cc1[nH]c(=O)sc1S(=O)(=O)Nc1cc(Cl)ccc1Br. The summed E-state index contributed by atoms with van der Waals surface area (Å²) in [5.41, 5.74) is 0.619. The van der Waals surface area contributed by atoms with Crippen LogP contribution in [-0.4, -0.2) is 13.4 Å². The number of halogens is 2. The summed E-state index contributed by atoms with van der Waals surface area (Å²) in [6, 6.07) is 4.74. The smallest absolute Gasteiger partial charge is 0.306 e. The second-order valence-corrected chi connectivity index (χ2v) is 7.81. The number of sulfonamides is 1. The molecule has 0 radical (unpaired) electrons. The van der Waals surface area contributed by atoms with Crippen LogP contribution in [-0.2, 0) is 10.0 Å². The van der Waals surface area contributed by atoms with E-state index in [1.807, 2.05) is 0 Å². The van der Waals surface area contributed by atoms with Crippen molar-refractivity contribution in [2.45, 2.75) is 11.1 Å². The number of rotatable bonds is 3. The van der Waals surface area contributed by atoms with Crippen LogP contribution >= 0.6 is 38.9 Å². The summed E-state index contributed by atoms with van der Waals surface area (Å²) >= 11 is 9.69. The lowest BCUT2D eigenvalue weighted by Crippen LogP contribution is -2.13. The number of anilines is 1. The minimum atomic E-state index is -3.81. The Balaban J connectivity index is 2.45. The van der Waals surface area contributed by atoms with E-state index in [0.29, 0.717) is 32.2 Å². The fraction of sp³-hybridized carbons (Fsp3) is 0.100. The molecule has 0 aliphatic heterocycles. The second-order valence-electron chi connectivity index (χ2n) is 3.66. The van der Waals surface area contributed by atoms with Gasteiger partial charge in [0, 0.05) is 15.2 Å². The van der Waals surface area contributed by atoms with E-state index in [9.17, 15) is 13.2 Å². The molecule has 5 nitrogen and oxygen atoms in total. The van der Waals surface area contributed by atoms with Gasteiger partial charge in [-0.25, -0.2) is 8.42 Å². The molecule has 2 rings (SSSR count). The summed E-state index contributed by atoms with van der Waals surface area (Å²) in [5.74, 6) is 0. The minimum absolute atomic E-state index is 0.0376. The molecule has 0 atom stereocenters. The molecule has 1 aromatic heterocycles. The first-order valence-corrected chi connectivity index (χ1v) is 8.44. The Morgan fingerprint density at radius 2 is 2.11 bits per heavy atom. The van der Waals surface area contributed by atoms with Crippen LogP contribution in [0.4, 0.5) is 5.69 Å². The lowest BCUT2D eigenvalue weighted by Gasteiger charge is -2.09. The normalized spacial score (nSPS) is 11.5. The van der Waals surface area contributed by atoms with Crippen molar-refractivity contribution in [3.8, 4) is 0 Å². The first-order valence-electron chi connectivity index (χ1n) is 4.97. The number of nitrogens with one attached hydrogen (secondary N) is 2. The topological polar surface area (TPSA) is 79.0 Å². The Morgan fingerprint density at radius 3 is 2.68 bits per heavy atom. The number of hydrogen-bond acceptors (Lipinski definition) is 4. The average Bonchev–Trinajstić information content (AvgIpc) is 2.63. The molecule has 2 aromatic rings. The maximum absolute atomic E-state index is 12.2. The average molecular weight is 384 g/mol. The van der Waals surface area contributed by atoms with Crippen molar-refractivity contribution >= 4 is 54.6 Å². The lowest BCUT2D eigenvalue weighted by molar-refractivity contribution is 0.602. The number of thiazole rings is 1. The maximum Gasteiger partial charge on any atom is 0.306 e. The molecule has 0 spiro atoms. The van der Waals surface area contributed by atoms with Crippen LogP contribution in [0.3, 0.4) is 0 Å². The van der Waals surface area contributed by atoms with Gasteiger partial charge in [0.2, 0.25) is 0 Å². The van der Waals surface area contributed by atoms with Gasteiger partial charge in [0.1, 0.15) is 0 Å². The zero-order valence-electron chi connectivity index (χ0n) is 9.53. The maximum atomic E-state index is 12.2. The zero-order valence-corrected chi connectivity index (χ0v) is 13.5. The Hall–Kier alpha value is -0.830. The molecule has 0 aliphatic carbocycles. The molecular formula is C10H8BrClN2O3S2. The van der Waals surface area contributed by atoms with Crippen molar-refractivity contribution < 1.29 is 8.42 Å². The molecule has 0 amide bonds. The number of aryl methyl sites for hydroxylation is 1. The number of aromatic amines is 1. The quantitative estimate of drug-likeness (QED) is 0.855. The van der Waals surface area contributed by atoms with Crippen LogP contribution in [0.1, 0.15) is 5.69 Å². The highest BCUT2D eigenvalue weighted by Crippen LogP contribution is 2.29. The van der Waals surface area contributed by atoms with Gasteiger partial charge in [-0.3, -0.25) is 9.52 Å². The van der Waals surface area contributed by atoms with Gasteiger partial charge < -0.3 is 4.98 Å². The molecule has 0 fully saturated rings. The van der Waals surface area contributed by atoms with E-state index in [-0.39, 0.29) is 4.21 Å². The molecule has 19 heavy (non-hydrogen) atoms. The Labute approximate surface area is 126 Å². The predicted octanol–water partition coefficient (Wildman–Crippen LogP) is 2.96. The van der Waals surface area contributed by atoms with Crippen LogP contribution in [0.25, 0.3) is 0 Å². The predicted molar refractivity (Wildman–Crippen MR) is 79.6 cm³/mol. The van der Waals surface area contributed by atoms with Crippen molar-refractivity contribution in [2.75, 3.05) is 4.72 Å². The molecular weight excluding hydrogens is 376 g/mol. The molecule has 0 saturated carbocycles. The fourth-order valence-corrected chi connectivity index (χ4v) is 4.44.